The lowest BCUT2D eigenvalue weighted by atomic mass is 10.2. The number of rotatable bonds is 3. The number of ether oxygens (including phenoxy) is 1. The molecule has 0 bridgehead atoms. The second-order valence-electron chi connectivity index (χ2n) is 5.19. The van der Waals surface area contributed by atoms with Crippen LogP contribution >= 0.6 is 11.3 Å². The molecular weight excluding hydrogens is 284 g/mol. The molecule has 21 heavy (non-hydrogen) atoms. The first-order valence-electron chi connectivity index (χ1n) is 7.02. The number of hydrogen-bond donors (Lipinski definition) is 1. The SMILES string of the molecule is O=C(OCc1nc2ccccc2[nH]1)c1cc2c(s1)CCC2. The highest BCUT2D eigenvalue weighted by atomic mass is 32.1. The molecule has 5 heteroatoms. The predicted octanol–water partition coefficient (Wildman–Crippen LogP) is 3.47. The summed E-state index contributed by atoms with van der Waals surface area (Å²) in [6.07, 6.45) is 3.38. The molecular formula is C16H14N2O2S. The first kappa shape index (κ1) is 12.6. The zero-order valence-corrected chi connectivity index (χ0v) is 12.2. The molecule has 0 fully saturated rings. The Bertz CT molecular complexity index is 764. The van der Waals surface area contributed by atoms with Crippen molar-refractivity contribution in [1.82, 2.24) is 9.97 Å². The highest BCUT2D eigenvalue weighted by Gasteiger charge is 2.19. The number of fused-ring (bicyclic) bond motifs is 2. The Morgan fingerprint density at radius 3 is 3.10 bits per heavy atom. The van der Waals surface area contributed by atoms with Gasteiger partial charge in [0.25, 0.3) is 0 Å². The molecule has 0 aliphatic heterocycles. The average Bonchev–Trinajstić information content (AvgIpc) is 3.17. The van der Waals surface area contributed by atoms with Gasteiger partial charge < -0.3 is 9.72 Å². The molecule has 1 N–H and O–H groups in total. The maximum absolute atomic E-state index is 12.1. The number of nitrogens with zero attached hydrogens (tertiary/aromatic N) is 1. The molecule has 0 radical (unpaired) electrons. The van der Waals surface area contributed by atoms with E-state index >= 15 is 0 Å². The van der Waals surface area contributed by atoms with E-state index in [4.69, 9.17) is 4.74 Å². The third kappa shape index (κ3) is 2.34. The number of thiophene rings is 1. The molecule has 2 aromatic heterocycles. The zero-order valence-electron chi connectivity index (χ0n) is 11.4. The molecule has 3 aromatic rings. The summed E-state index contributed by atoms with van der Waals surface area (Å²) in [6, 6.07) is 9.75. The molecule has 0 atom stereocenters. The van der Waals surface area contributed by atoms with Gasteiger partial charge in [0.1, 0.15) is 17.3 Å². The third-order valence-electron chi connectivity index (χ3n) is 3.73. The van der Waals surface area contributed by atoms with E-state index in [-0.39, 0.29) is 12.6 Å². The van der Waals surface area contributed by atoms with Gasteiger partial charge in [-0.15, -0.1) is 11.3 Å². The Morgan fingerprint density at radius 1 is 1.33 bits per heavy atom. The number of aromatic nitrogens is 2. The lowest BCUT2D eigenvalue weighted by Crippen LogP contribution is -2.04. The van der Waals surface area contributed by atoms with Gasteiger partial charge in [0.05, 0.1) is 11.0 Å². The maximum Gasteiger partial charge on any atom is 0.348 e. The van der Waals surface area contributed by atoms with Gasteiger partial charge in [0.15, 0.2) is 0 Å². The molecule has 0 amide bonds. The van der Waals surface area contributed by atoms with Crippen LogP contribution in [0, 0.1) is 0 Å². The Labute approximate surface area is 125 Å². The molecule has 4 rings (SSSR count). The first-order valence-corrected chi connectivity index (χ1v) is 7.83. The topological polar surface area (TPSA) is 55.0 Å². The molecule has 4 nitrogen and oxygen atoms in total. The van der Waals surface area contributed by atoms with E-state index in [0.717, 1.165) is 23.9 Å². The second kappa shape index (κ2) is 5.00. The number of H-pyrrole nitrogens is 1. The van der Waals surface area contributed by atoms with Crippen molar-refractivity contribution in [2.75, 3.05) is 0 Å². The van der Waals surface area contributed by atoms with E-state index < -0.39 is 0 Å². The Balaban J connectivity index is 1.46. The quantitative estimate of drug-likeness (QED) is 0.753. The number of esters is 1. The van der Waals surface area contributed by atoms with Crippen molar-refractivity contribution in [1.29, 1.82) is 0 Å². The number of aromatic amines is 1. The number of imidazole rings is 1. The Morgan fingerprint density at radius 2 is 2.24 bits per heavy atom. The lowest BCUT2D eigenvalue weighted by molar-refractivity contribution is 0.0469. The van der Waals surface area contributed by atoms with Crippen LogP contribution in [-0.4, -0.2) is 15.9 Å². The average molecular weight is 298 g/mol. The molecule has 1 aromatic carbocycles. The van der Waals surface area contributed by atoms with Gasteiger partial charge >= 0.3 is 5.97 Å². The van der Waals surface area contributed by atoms with E-state index in [1.807, 2.05) is 30.3 Å². The van der Waals surface area contributed by atoms with Crippen molar-refractivity contribution in [2.45, 2.75) is 25.9 Å². The molecule has 0 unspecified atom stereocenters. The summed E-state index contributed by atoms with van der Waals surface area (Å²) in [5, 5.41) is 0. The van der Waals surface area contributed by atoms with Crippen molar-refractivity contribution < 1.29 is 9.53 Å². The maximum atomic E-state index is 12.1. The number of hydrogen-bond acceptors (Lipinski definition) is 4. The molecule has 0 spiro atoms. The van der Waals surface area contributed by atoms with Crippen LogP contribution < -0.4 is 0 Å². The third-order valence-corrected chi connectivity index (χ3v) is 4.94. The standard InChI is InChI=1S/C16H14N2O2S/c19-16(14-8-10-4-3-7-13(10)21-14)20-9-15-17-11-5-1-2-6-12(11)18-15/h1-2,5-6,8H,3-4,7,9H2,(H,17,18). The van der Waals surface area contributed by atoms with Crippen molar-refractivity contribution >= 4 is 28.3 Å². The van der Waals surface area contributed by atoms with Gasteiger partial charge in [-0.1, -0.05) is 12.1 Å². The van der Waals surface area contributed by atoms with E-state index in [2.05, 4.69) is 9.97 Å². The second-order valence-corrected chi connectivity index (χ2v) is 6.33. The number of benzene rings is 1. The molecule has 2 heterocycles. The summed E-state index contributed by atoms with van der Waals surface area (Å²) in [6.45, 7) is 0.177. The van der Waals surface area contributed by atoms with Gasteiger partial charge in [-0.25, -0.2) is 9.78 Å². The lowest BCUT2D eigenvalue weighted by Gasteiger charge is -2.00. The van der Waals surface area contributed by atoms with Gasteiger partial charge in [-0.3, -0.25) is 0 Å². The van der Waals surface area contributed by atoms with E-state index in [0.29, 0.717) is 10.7 Å². The summed E-state index contributed by atoms with van der Waals surface area (Å²) >= 11 is 1.57. The fourth-order valence-corrected chi connectivity index (χ4v) is 3.86. The molecule has 0 saturated heterocycles. The van der Waals surface area contributed by atoms with Crippen LogP contribution in [0.25, 0.3) is 11.0 Å². The summed E-state index contributed by atoms with van der Waals surface area (Å²) in [7, 11) is 0. The van der Waals surface area contributed by atoms with Gasteiger partial charge in [0, 0.05) is 4.88 Å². The Kier molecular flexibility index (Phi) is 3.00. The van der Waals surface area contributed by atoms with Crippen molar-refractivity contribution in [3.63, 3.8) is 0 Å². The van der Waals surface area contributed by atoms with E-state index in [1.54, 1.807) is 11.3 Å². The smallest absolute Gasteiger partial charge is 0.348 e. The number of para-hydroxylation sites is 2. The highest BCUT2D eigenvalue weighted by molar-refractivity contribution is 7.14. The number of carbonyl (C=O) groups is 1. The van der Waals surface area contributed by atoms with Crippen LogP contribution in [-0.2, 0) is 24.2 Å². The van der Waals surface area contributed by atoms with E-state index in [1.165, 1.54) is 16.9 Å². The summed E-state index contributed by atoms with van der Waals surface area (Å²) in [4.78, 5) is 21.7. The molecule has 106 valence electrons. The van der Waals surface area contributed by atoms with Crippen LogP contribution in [0.5, 0.6) is 0 Å². The fraction of sp³-hybridized carbons (Fsp3) is 0.250. The summed E-state index contributed by atoms with van der Waals surface area (Å²) in [5.41, 5.74) is 3.16. The minimum atomic E-state index is -0.255. The molecule has 1 aliphatic carbocycles. The number of aryl methyl sites for hydroxylation is 2. The van der Waals surface area contributed by atoms with Crippen LogP contribution in [0.4, 0.5) is 0 Å². The molecule has 0 saturated carbocycles. The van der Waals surface area contributed by atoms with E-state index in [9.17, 15) is 4.79 Å². The monoisotopic (exact) mass is 298 g/mol. The minimum absolute atomic E-state index is 0.177. The predicted molar refractivity (Wildman–Crippen MR) is 81.6 cm³/mol. The number of carbonyl (C=O) groups excluding carboxylic acids is 1. The molecule has 1 aliphatic rings. The zero-order chi connectivity index (χ0) is 14.2. The largest absolute Gasteiger partial charge is 0.453 e. The van der Waals surface area contributed by atoms with Gasteiger partial charge in [-0.2, -0.15) is 0 Å². The van der Waals surface area contributed by atoms with Crippen LogP contribution in [0.1, 0.15) is 32.4 Å². The summed E-state index contributed by atoms with van der Waals surface area (Å²) < 4.78 is 5.36. The van der Waals surface area contributed by atoms with Crippen LogP contribution in [0.15, 0.2) is 30.3 Å². The van der Waals surface area contributed by atoms with Crippen molar-refractivity contribution in [3.8, 4) is 0 Å². The first-order chi connectivity index (χ1) is 10.3. The van der Waals surface area contributed by atoms with Crippen LogP contribution in [0.2, 0.25) is 0 Å². The van der Waals surface area contributed by atoms with Gasteiger partial charge in [-0.05, 0) is 43.0 Å². The van der Waals surface area contributed by atoms with Crippen molar-refractivity contribution in [2.24, 2.45) is 0 Å². The van der Waals surface area contributed by atoms with Crippen LogP contribution in [0.3, 0.4) is 0 Å². The minimum Gasteiger partial charge on any atom is -0.453 e. The van der Waals surface area contributed by atoms with Crippen molar-refractivity contribution in [3.05, 3.63) is 51.5 Å². The number of nitrogens with one attached hydrogen (secondary N) is 1. The summed E-state index contributed by atoms with van der Waals surface area (Å²) in [5.74, 6) is 0.420. The Hall–Kier alpha value is -2.14. The van der Waals surface area contributed by atoms with Gasteiger partial charge in [0.2, 0.25) is 0 Å². The normalized spacial score (nSPS) is 13.5. The fourth-order valence-electron chi connectivity index (χ4n) is 2.71. The highest BCUT2D eigenvalue weighted by Crippen LogP contribution is 2.31.